The topological polar surface area (TPSA) is 80.7 Å². The summed E-state index contributed by atoms with van der Waals surface area (Å²) in [6.07, 6.45) is 30.4. The Kier molecular flexibility index (Phi) is 24.6. The average molecular weight is 519 g/mol. The van der Waals surface area contributed by atoms with Crippen LogP contribution >= 0.6 is 0 Å². The zero-order valence-corrected chi connectivity index (χ0v) is 24.1. The maximum atomic E-state index is 11.1. The number of hydrogen-bond acceptors (Lipinski definition) is 4. The molecule has 0 bridgehead atoms. The van der Waals surface area contributed by atoms with Crippen molar-refractivity contribution in [2.45, 2.75) is 174 Å². The highest BCUT2D eigenvalue weighted by Crippen LogP contribution is 2.16. The van der Waals surface area contributed by atoms with Crippen LogP contribution in [0.3, 0.4) is 0 Å². The lowest BCUT2D eigenvalue weighted by molar-refractivity contribution is -0.145. The number of esters is 1. The molecule has 0 amide bonds. The molecule has 0 aliphatic carbocycles. The third-order valence-corrected chi connectivity index (χ3v) is 7.65. The first-order valence-corrected chi connectivity index (χ1v) is 16.6. The van der Waals surface area contributed by atoms with Crippen molar-refractivity contribution in [3.05, 3.63) is 0 Å². The van der Waals surface area contributed by atoms with E-state index >= 15 is 0 Å². The molecule has 0 aliphatic rings. The minimum Gasteiger partial charge on any atom is -0.461 e. The quantitative estimate of drug-likeness (QED) is 0.0666. The molecule has 0 aromatic heterocycles. The van der Waals surface area contributed by atoms with Crippen molar-refractivity contribution in [1.29, 1.82) is 0 Å². The molecule has 0 saturated carbocycles. The highest BCUT2D eigenvalue weighted by atomic mass is 32.2. The molecule has 0 aliphatic heterocycles. The van der Waals surface area contributed by atoms with Crippen LogP contribution in [0.1, 0.15) is 168 Å². The fourth-order valence-electron chi connectivity index (χ4n) is 4.80. The second-order valence-corrected chi connectivity index (χ2v) is 12.0. The predicted octanol–water partition coefficient (Wildman–Crippen LogP) is 9.19. The Bertz CT molecular complexity index is 561. The molecule has 5 nitrogen and oxygen atoms in total. The molecule has 210 valence electrons. The van der Waals surface area contributed by atoms with Crippen LogP contribution in [0.15, 0.2) is 0 Å². The molecule has 0 heterocycles. The van der Waals surface area contributed by atoms with Gasteiger partial charge >= 0.3 is 5.97 Å². The van der Waals surface area contributed by atoms with E-state index in [2.05, 4.69) is 6.92 Å². The number of carbonyl (C=O) groups is 1. The zero-order chi connectivity index (χ0) is 26.0. The molecule has 0 rings (SSSR count). The zero-order valence-electron chi connectivity index (χ0n) is 23.2. The lowest BCUT2D eigenvalue weighted by Crippen LogP contribution is -2.25. The monoisotopic (exact) mass is 518 g/mol. The van der Waals surface area contributed by atoms with Gasteiger partial charge in [0, 0.05) is 6.92 Å². The molecule has 0 aromatic rings. The predicted molar refractivity (Wildman–Crippen MR) is 148 cm³/mol. The van der Waals surface area contributed by atoms with Crippen LogP contribution in [0, 0.1) is 0 Å². The van der Waals surface area contributed by atoms with Crippen molar-refractivity contribution in [3.63, 3.8) is 0 Å². The average Bonchev–Trinajstić information content (AvgIpc) is 2.78. The van der Waals surface area contributed by atoms with Gasteiger partial charge in [0.1, 0.15) is 11.9 Å². The fourth-order valence-corrected chi connectivity index (χ4v) is 5.51. The van der Waals surface area contributed by atoms with E-state index < -0.39 is 27.9 Å². The molecule has 0 radical (unpaired) electrons. The van der Waals surface area contributed by atoms with Crippen molar-refractivity contribution in [3.8, 4) is 0 Å². The van der Waals surface area contributed by atoms with Gasteiger partial charge < -0.3 is 4.74 Å². The van der Waals surface area contributed by atoms with Crippen molar-refractivity contribution in [2.24, 2.45) is 0 Å². The molecule has 0 spiro atoms. The van der Waals surface area contributed by atoms with E-state index in [4.69, 9.17) is 9.29 Å². The Hall–Kier alpha value is -0.620. The molecule has 0 fully saturated rings. The van der Waals surface area contributed by atoms with Gasteiger partial charge in [0.05, 0.1) is 0 Å². The Morgan fingerprint density at radius 3 is 1.14 bits per heavy atom. The summed E-state index contributed by atoms with van der Waals surface area (Å²) in [5, 5.41) is 0. The van der Waals surface area contributed by atoms with Crippen molar-refractivity contribution in [1.82, 2.24) is 0 Å². The maximum absolute atomic E-state index is 11.1. The van der Waals surface area contributed by atoms with Gasteiger partial charge in [0.15, 0.2) is 0 Å². The summed E-state index contributed by atoms with van der Waals surface area (Å²) in [6, 6.07) is 0. The SMILES string of the molecule is CCCCCCCCCCCCCCCCCCCCCCCCCC(CS(=O)(=O)O)OC(C)=O. The highest BCUT2D eigenvalue weighted by molar-refractivity contribution is 7.85. The van der Waals surface area contributed by atoms with Gasteiger partial charge in [-0.15, -0.1) is 0 Å². The molecule has 1 unspecified atom stereocenters. The summed E-state index contributed by atoms with van der Waals surface area (Å²) in [6.45, 7) is 3.54. The third kappa shape index (κ3) is 29.5. The van der Waals surface area contributed by atoms with Crippen molar-refractivity contribution >= 4 is 16.1 Å². The maximum Gasteiger partial charge on any atom is 0.302 e. The lowest BCUT2D eigenvalue weighted by Gasteiger charge is -2.15. The smallest absolute Gasteiger partial charge is 0.302 e. The molecule has 6 heteroatoms. The van der Waals surface area contributed by atoms with Gasteiger partial charge in [-0.1, -0.05) is 148 Å². The Morgan fingerprint density at radius 1 is 0.600 bits per heavy atom. The second-order valence-electron chi connectivity index (χ2n) is 10.5. The van der Waals surface area contributed by atoms with E-state index in [-0.39, 0.29) is 0 Å². The number of unbranched alkanes of at least 4 members (excludes halogenated alkanes) is 22. The van der Waals surface area contributed by atoms with Crippen LogP contribution in [0.5, 0.6) is 0 Å². The number of carbonyl (C=O) groups excluding carboxylic acids is 1. The first kappa shape index (κ1) is 34.4. The third-order valence-electron chi connectivity index (χ3n) is 6.86. The molecule has 1 atom stereocenters. The minimum absolute atomic E-state index is 0.485. The summed E-state index contributed by atoms with van der Waals surface area (Å²) >= 11 is 0. The Balaban J connectivity index is 3.30. The standard InChI is InChI=1S/C29H58O5S/c1-3-4-5-6-7-8-9-10-11-12-13-14-15-16-17-18-19-20-21-22-23-24-25-26-29(34-28(2)30)27-35(31,32)33/h29H,3-27H2,1-2H3,(H,31,32,33). The van der Waals surface area contributed by atoms with Crippen LogP contribution < -0.4 is 0 Å². The normalized spacial score (nSPS) is 12.7. The first-order chi connectivity index (χ1) is 16.8. The number of rotatable bonds is 27. The van der Waals surface area contributed by atoms with E-state index in [9.17, 15) is 13.2 Å². The second kappa shape index (κ2) is 25.0. The van der Waals surface area contributed by atoms with Gasteiger partial charge in [-0.25, -0.2) is 0 Å². The van der Waals surface area contributed by atoms with E-state index in [1.54, 1.807) is 0 Å². The van der Waals surface area contributed by atoms with Crippen LogP contribution in [-0.4, -0.2) is 30.8 Å². The van der Waals surface area contributed by atoms with E-state index in [1.807, 2.05) is 0 Å². The summed E-state index contributed by atoms with van der Waals surface area (Å²) in [5.74, 6) is -1.01. The van der Waals surface area contributed by atoms with Crippen molar-refractivity contribution in [2.75, 3.05) is 5.75 Å². The minimum atomic E-state index is -4.12. The van der Waals surface area contributed by atoms with Gasteiger partial charge in [-0.05, 0) is 12.8 Å². The summed E-state index contributed by atoms with van der Waals surface area (Å²) < 4.78 is 36.0. The van der Waals surface area contributed by atoms with Gasteiger partial charge in [-0.2, -0.15) is 8.42 Å². The largest absolute Gasteiger partial charge is 0.461 e. The van der Waals surface area contributed by atoms with E-state index in [0.29, 0.717) is 6.42 Å². The van der Waals surface area contributed by atoms with Gasteiger partial charge in [0.2, 0.25) is 0 Å². The molecular weight excluding hydrogens is 460 g/mol. The number of ether oxygens (including phenoxy) is 1. The molecule has 1 N–H and O–H groups in total. The Morgan fingerprint density at radius 2 is 0.886 bits per heavy atom. The van der Waals surface area contributed by atoms with Crippen LogP contribution in [0.2, 0.25) is 0 Å². The summed E-state index contributed by atoms with van der Waals surface area (Å²) in [7, 11) is -4.12. The first-order valence-electron chi connectivity index (χ1n) is 15.0. The van der Waals surface area contributed by atoms with Crippen LogP contribution in [-0.2, 0) is 19.6 Å². The van der Waals surface area contributed by atoms with E-state index in [1.165, 1.54) is 135 Å². The summed E-state index contributed by atoms with van der Waals surface area (Å²) in [5.41, 5.74) is 0. The summed E-state index contributed by atoms with van der Waals surface area (Å²) in [4.78, 5) is 11.1. The molecular formula is C29H58O5S. The van der Waals surface area contributed by atoms with Crippen LogP contribution in [0.4, 0.5) is 0 Å². The molecule has 35 heavy (non-hydrogen) atoms. The molecule has 0 saturated heterocycles. The van der Waals surface area contributed by atoms with Gasteiger partial charge in [0.25, 0.3) is 10.1 Å². The molecule has 0 aromatic carbocycles. The highest BCUT2D eigenvalue weighted by Gasteiger charge is 2.19. The Labute approximate surface area is 218 Å². The fraction of sp³-hybridized carbons (Fsp3) is 0.966. The number of hydrogen-bond donors (Lipinski definition) is 1. The lowest BCUT2D eigenvalue weighted by atomic mass is 10.0. The van der Waals surface area contributed by atoms with Crippen LogP contribution in [0.25, 0.3) is 0 Å². The van der Waals surface area contributed by atoms with Crippen molar-refractivity contribution < 1.29 is 22.5 Å². The van der Waals surface area contributed by atoms with E-state index in [0.717, 1.165) is 19.3 Å². The van der Waals surface area contributed by atoms with Gasteiger partial charge in [-0.3, -0.25) is 9.35 Å².